The zero-order chi connectivity index (χ0) is 18.5. The largest absolute Gasteiger partial charge is 0.361 e. The number of benzene rings is 2. The van der Waals surface area contributed by atoms with E-state index in [1.165, 1.54) is 18.2 Å². The molecule has 0 radical (unpaired) electrons. The molecule has 1 aromatic heterocycles. The van der Waals surface area contributed by atoms with Crippen LogP contribution in [0.5, 0.6) is 0 Å². The Morgan fingerprint density at radius 1 is 1.23 bits per heavy atom. The molecule has 0 aliphatic heterocycles. The molecule has 2 aromatic carbocycles. The lowest BCUT2D eigenvalue weighted by molar-refractivity contribution is 0.566. The van der Waals surface area contributed by atoms with E-state index in [0.29, 0.717) is 17.1 Å². The predicted molar refractivity (Wildman–Crippen MR) is 101 cm³/mol. The summed E-state index contributed by atoms with van der Waals surface area (Å²) < 4.78 is 41.3. The number of nitrogens with one attached hydrogen (secondary N) is 2. The van der Waals surface area contributed by atoms with Crippen molar-refractivity contribution in [3.63, 3.8) is 0 Å². The molecule has 0 unspecified atom stereocenters. The number of aromatic nitrogens is 1. The van der Waals surface area contributed by atoms with Gasteiger partial charge in [0.15, 0.2) is 0 Å². The Kier molecular flexibility index (Phi) is 4.10. The summed E-state index contributed by atoms with van der Waals surface area (Å²) in [6, 6.07) is 9.46. The molecule has 0 amide bonds. The lowest BCUT2D eigenvalue weighted by Crippen LogP contribution is -2.32. The predicted octanol–water partition coefficient (Wildman–Crippen LogP) is 4.28. The number of rotatable bonds is 5. The standard InChI is InChI=1S/C19H18ClFN2O2S/c1-12-8-14(3-4-17(12)21)26(24,25)23-11-19(6-7-19)16-10-22-18-5-2-13(20)9-15(16)18/h2-5,8-10,22-23H,6-7,11H2,1H3. The summed E-state index contributed by atoms with van der Waals surface area (Å²) >= 11 is 6.12. The van der Waals surface area contributed by atoms with E-state index >= 15 is 0 Å². The zero-order valence-corrected chi connectivity index (χ0v) is 15.7. The lowest BCUT2D eigenvalue weighted by atomic mass is 9.96. The third-order valence-corrected chi connectivity index (χ3v) is 6.74. The molecule has 7 heteroatoms. The summed E-state index contributed by atoms with van der Waals surface area (Å²) in [5.74, 6) is -0.418. The van der Waals surface area contributed by atoms with Gasteiger partial charge in [-0.1, -0.05) is 11.6 Å². The monoisotopic (exact) mass is 392 g/mol. The third-order valence-electron chi connectivity index (χ3n) is 5.11. The Hall–Kier alpha value is -1.89. The molecule has 0 saturated heterocycles. The summed E-state index contributed by atoms with van der Waals surface area (Å²) in [7, 11) is -3.70. The molecule has 0 spiro atoms. The van der Waals surface area contributed by atoms with E-state index in [9.17, 15) is 12.8 Å². The maximum absolute atomic E-state index is 13.4. The van der Waals surface area contributed by atoms with Gasteiger partial charge < -0.3 is 4.98 Å². The van der Waals surface area contributed by atoms with Crippen LogP contribution in [0.2, 0.25) is 5.02 Å². The van der Waals surface area contributed by atoms with Crippen LogP contribution in [0.25, 0.3) is 10.9 Å². The van der Waals surface area contributed by atoms with Crippen LogP contribution >= 0.6 is 11.6 Å². The second-order valence-corrected chi connectivity index (χ2v) is 9.11. The van der Waals surface area contributed by atoms with Gasteiger partial charge in [0.25, 0.3) is 0 Å². The van der Waals surface area contributed by atoms with Crippen molar-refractivity contribution in [3.8, 4) is 0 Å². The molecule has 136 valence electrons. The van der Waals surface area contributed by atoms with Crippen LogP contribution in [-0.4, -0.2) is 19.9 Å². The van der Waals surface area contributed by atoms with Gasteiger partial charge in [0, 0.05) is 34.1 Å². The molecule has 26 heavy (non-hydrogen) atoms. The Morgan fingerprint density at radius 3 is 2.69 bits per heavy atom. The van der Waals surface area contributed by atoms with Crippen LogP contribution in [-0.2, 0) is 15.4 Å². The van der Waals surface area contributed by atoms with Crippen molar-refractivity contribution in [2.75, 3.05) is 6.54 Å². The van der Waals surface area contributed by atoms with Crippen LogP contribution in [0.1, 0.15) is 24.0 Å². The molecule has 1 aliphatic carbocycles. The molecule has 4 nitrogen and oxygen atoms in total. The summed E-state index contributed by atoms with van der Waals surface area (Å²) in [6.07, 6.45) is 3.74. The number of sulfonamides is 1. The van der Waals surface area contributed by atoms with Gasteiger partial charge in [0.1, 0.15) is 5.82 Å². The van der Waals surface area contributed by atoms with Gasteiger partial charge in [-0.15, -0.1) is 0 Å². The molecule has 3 aromatic rings. The number of hydrogen-bond acceptors (Lipinski definition) is 2. The molecule has 2 N–H and O–H groups in total. The van der Waals surface area contributed by atoms with E-state index in [0.717, 1.165) is 29.3 Å². The average molecular weight is 393 g/mol. The van der Waals surface area contributed by atoms with E-state index in [1.807, 2.05) is 24.4 Å². The Bertz CT molecular complexity index is 1100. The molecule has 1 heterocycles. The summed E-state index contributed by atoms with van der Waals surface area (Å²) in [4.78, 5) is 3.30. The maximum atomic E-state index is 13.4. The molecular weight excluding hydrogens is 375 g/mol. The van der Waals surface area contributed by atoms with Crippen LogP contribution in [0.3, 0.4) is 0 Å². The second kappa shape index (κ2) is 6.08. The van der Waals surface area contributed by atoms with Gasteiger partial charge in [0.05, 0.1) is 4.90 Å². The van der Waals surface area contributed by atoms with Gasteiger partial charge in [-0.3, -0.25) is 0 Å². The fourth-order valence-electron chi connectivity index (χ4n) is 3.32. The highest BCUT2D eigenvalue weighted by atomic mass is 35.5. The Balaban J connectivity index is 1.60. The van der Waals surface area contributed by atoms with Crippen molar-refractivity contribution in [1.29, 1.82) is 0 Å². The minimum atomic E-state index is -3.70. The number of halogens is 2. The summed E-state index contributed by atoms with van der Waals surface area (Å²) in [5, 5.41) is 1.67. The minimum absolute atomic E-state index is 0.0779. The van der Waals surface area contributed by atoms with Gasteiger partial charge in [-0.2, -0.15) is 0 Å². The highest BCUT2D eigenvalue weighted by Gasteiger charge is 2.46. The molecule has 1 fully saturated rings. The van der Waals surface area contributed by atoms with Gasteiger partial charge >= 0.3 is 0 Å². The van der Waals surface area contributed by atoms with E-state index in [-0.39, 0.29) is 10.3 Å². The highest BCUT2D eigenvalue weighted by molar-refractivity contribution is 7.89. The van der Waals surface area contributed by atoms with Crippen molar-refractivity contribution < 1.29 is 12.8 Å². The number of hydrogen-bond donors (Lipinski definition) is 2. The summed E-state index contributed by atoms with van der Waals surface area (Å²) in [6.45, 7) is 1.84. The zero-order valence-electron chi connectivity index (χ0n) is 14.1. The first-order chi connectivity index (χ1) is 12.3. The quantitative estimate of drug-likeness (QED) is 0.680. The second-order valence-electron chi connectivity index (χ2n) is 6.91. The molecular formula is C19H18ClFN2O2S. The first-order valence-corrected chi connectivity index (χ1v) is 10.2. The Labute approximate surface area is 156 Å². The molecule has 0 bridgehead atoms. The van der Waals surface area contributed by atoms with Gasteiger partial charge in [0.2, 0.25) is 10.0 Å². The first kappa shape index (κ1) is 17.5. The SMILES string of the molecule is Cc1cc(S(=O)(=O)NCC2(c3c[nH]c4ccc(Cl)cc34)CC2)ccc1F. The van der Waals surface area contributed by atoms with Crippen LogP contribution in [0.4, 0.5) is 4.39 Å². The fourth-order valence-corrected chi connectivity index (χ4v) is 4.71. The number of fused-ring (bicyclic) bond motifs is 1. The average Bonchev–Trinajstić information content (AvgIpc) is 3.28. The normalized spacial score (nSPS) is 16.1. The minimum Gasteiger partial charge on any atom is -0.361 e. The molecule has 4 rings (SSSR count). The molecule has 0 atom stereocenters. The molecule has 1 aliphatic rings. The third kappa shape index (κ3) is 3.02. The van der Waals surface area contributed by atoms with E-state index in [4.69, 9.17) is 11.6 Å². The molecule has 1 saturated carbocycles. The fraction of sp³-hybridized carbons (Fsp3) is 0.263. The smallest absolute Gasteiger partial charge is 0.240 e. The lowest BCUT2D eigenvalue weighted by Gasteiger charge is -2.16. The van der Waals surface area contributed by atoms with Crippen LogP contribution < -0.4 is 4.72 Å². The van der Waals surface area contributed by atoms with E-state index < -0.39 is 15.8 Å². The van der Waals surface area contributed by atoms with Crippen molar-refractivity contribution in [1.82, 2.24) is 9.71 Å². The highest BCUT2D eigenvalue weighted by Crippen LogP contribution is 2.50. The first-order valence-electron chi connectivity index (χ1n) is 8.34. The van der Waals surface area contributed by atoms with E-state index in [1.54, 1.807) is 6.92 Å². The van der Waals surface area contributed by atoms with E-state index in [2.05, 4.69) is 9.71 Å². The van der Waals surface area contributed by atoms with Gasteiger partial charge in [-0.05, 0) is 67.3 Å². The topological polar surface area (TPSA) is 62.0 Å². The van der Waals surface area contributed by atoms with Crippen molar-refractivity contribution in [3.05, 3.63) is 64.6 Å². The number of aromatic amines is 1. The van der Waals surface area contributed by atoms with Gasteiger partial charge in [-0.25, -0.2) is 17.5 Å². The van der Waals surface area contributed by atoms with Crippen molar-refractivity contribution in [2.24, 2.45) is 0 Å². The maximum Gasteiger partial charge on any atom is 0.240 e. The summed E-state index contributed by atoms with van der Waals surface area (Å²) in [5.41, 5.74) is 2.13. The van der Waals surface area contributed by atoms with Crippen LogP contribution in [0, 0.1) is 12.7 Å². The number of aryl methyl sites for hydroxylation is 1. The van der Waals surface area contributed by atoms with Crippen molar-refractivity contribution >= 4 is 32.5 Å². The number of H-pyrrole nitrogens is 1. The van der Waals surface area contributed by atoms with Crippen molar-refractivity contribution in [2.45, 2.75) is 30.1 Å². The Morgan fingerprint density at radius 2 is 2.00 bits per heavy atom. The van der Waals surface area contributed by atoms with Crippen LogP contribution in [0.15, 0.2) is 47.5 Å².